The number of ether oxygens (including phenoxy) is 2. The molecule has 0 heterocycles. The molecule has 0 aliphatic heterocycles. The lowest BCUT2D eigenvalue weighted by Crippen LogP contribution is -2.33. The summed E-state index contributed by atoms with van der Waals surface area (Å²) in [6, 6.07) is 8.37. The summed E-state index contributed by atoms with van der Waals surface area (Å²) < 4.78 is 11.0. The number of rotatable bonds is 8. The molecule has 0 aliphatic carbocycles. The Morgan fingerprint density at radius 1 is 1.22 bits per heavy atom. The van der Waals surface area contributed by atoms with Crippen LogP contribution in [0.4, 0.5) is 0 Å². The van der Waals surface area contributed by atoms with Crippen LogP contribution in [-0.4, -0.2) is 33.4 Å². The van der Waals surface area contributed by atoms with E-state index in [0.717, 1.165) is 18.7 Å². The molecule has 102 valence electrons. The van der Waals surface area contributed by atoms with E-state index in [9.17, 15) is 0 Å². The molecule has 0 spiro atoms. The number of benzene rings is 1. The molecular weight excluding hydrogens is 226 g/mol. The maximum absolute atomic E-state index is 5.88. The van der Waals surface area contributed by atoms with Crippen molar-refractivity contribution in [2.24, 2.45) is 0 Å². The molecule has 0 amide bonds. The molecule has 18 heavy (non-hydrogen) atoms. The van der Waals surface area contributed by atoms with Crippen molar-refractivity contribution in [2.75, 3.05) is 27.3 Å². The number of hydrogen-bond donors (Lipinski definition) is 1. The molecule has 0 aliphatic rings. The van der Waals surface area contributed by atoms with Gasteiger partial charge in [0.05, 0.1) is 6.61 Å². The smallest absolute Gasteiger partial charge is 0.134 e. The number of hydrogen-bond acceptors (Lipinski definition) is 3. The maximum atomic E-state index is 5.88. The summed E-state index contributed by atoms with van der Waals surface area (Å²) in [5.41, 5.74) is 1.36. The zero-order chi connectivity index (χ0) is 13.4. The summed E-state index contributed by atoms with van der Waals surface area (Å²) in [5.74, 6) is 1.51. The van der Waals surface area contributed by atoms with Crippen LogP contribution in [-0.2, 0) is 4.74 Å². The second kappa shape index (κ2) is 8.11. The Morgan fingerprint density at radius 3 is 2.39 bits per heavy atom. The van der Waals surface area contributed by atoms with Gasteiger partial charge in [-0.1, -0.05) is 26.0 Å². The topological polar surface area (TPSA) is 30.5 Å². The third kappa shape index (κ3) is 4.67. The predicted molar refractivity (Wildman–Crippen MR) is 75.4 cm³/mol. The summed E-state index contributed by atoms with van der Waals surface area (Å²) in [6.07, 6.45) is 1.21. The summed E-state index contributed by atoms with van der Waals surface area (Å²) in [7, 11) is 3.61. The molecule has 3 nitrogen and oxygen atoms in total. The van der Waals surface area contributed by atoms with E-state index in [1.54, 1.807) is 7.11 Å². The monoisotopic (exact) mass is 251 g/mol. The van der Waals surface area contributed by atoms with Crippen LogP contribution in [0.1, 0.15) is 31.7 Å². The van der Waals surface area contributed by atoms with E-state index < -0.39 is 0 Å². The standard InChI is InChI=1S/C15H25NO2/c1-5-12(2)13-6-8-14(9-7-13)18-15(10-16-3)11-17-4/h6-9,12,15-16H,5,10-11H2,1-4H3. The van der Waals surface area contributed by atoms with E-state index in [1.165, 1.54) is 5.56 Å². The highest BCUT2D eigenvalue weighted by Gasteiger charge is 2.09. The average molecular weight is 251 g/mol. The van der Waals surface area contributed by atoms with Crippen molar-refractivity contribution in [3.63, 3.8) is 0 Å². The lowest BCUT2D eigenvalue weighted by Gasteiger charge is -2.18. The Kier molecular flexibility index (Phi) is 6.76. The lowest BCUT2D eigenvalue weighted by molar-refractivity contribution is 0.0818. The van der Waals surface area contributed by atoms with Crippen LogP contribution in [0.25, 0.3) is 0 Å². The second-order valence-corrected chi connectivity index (χ2v) is 4.63. The largest absolute Gasteiger partial charge is 0.487 e. The van der Waals surface area contributed by atoms with Crippen molar-refractivity contribution >= 4 is 0 Å². The van der Waals surface area contributed by atoms with E-state index in [1.807, 2.05) is 19.2 Å². The highest BCUT2D eigenvalue weighted by atomic mass is 16.5. The van der Waals surface area contributed by atoms with Gasteiger partial charge in [0.15, 0.2) is 0 Å². The molecule has 0 radical (unpaired) electrons. The Morgan fingerprint density at radius 2 is 1.89 bits per heavy atom. The Labute approximate surface area is 110 Å². The Bertz CT molecular complexity index is 318. The van der Waals surface area contributed by atoms with Crippen molar-refractivity contribution in [3.05, 3.63) is 29.8 Å². The molecule has 1 N–H and O–H groups in total. The van der Waals surface area contributed by atoms with Gasteiger partial charge in [0, 0.05) is 13.7 Å². The molecule has 1 aromatic rings. The average Bonchev–Trinajstić information content (AvgIpc) is 2.39. The van der Waals surface area contributed by atoms with Gasteiger partial charge in [-0.05, 0) is 37.1 Å². The normalized spacial score (nSPS) is 14.2. The zero-order valence-electron chi connectivity index (χ0n) is 11.9. The quantitative estimate of drug-likeness (QED) is 0.770. The fourth-order valence-electron chi connectivity index (χ4n) is 1.85. The van der Waals surface area contributed by atoms with Crippen molar-refractivity contribution in [3.8, 4) is 5.75 Å². The van der Waals surface area contributed by atoms with Gasteiger partial charge in [0.25, 0.3) is 0 Å². The molecule has 0 saturated heterocycles. The van der Waals surface area contributed by atoms with Crippen LogP contribution in [0, 0.1) is 0 Å². The first-order chi connectivity index (χ1) is 8.71. The van der Waals surface area contributed by atoms with Crippen LogP contribution in [0.15, 0.2) is 24.3 Å². The predicted octanol–water partition coefficient (Wildman–Crippen LogP) is 2.81. The molecule has 0 aromatic heterocycles. The third-order valence-electron chi connectivity index (χ3n) is 3.15. The van der Waals surface area contributed by atoms with Crippen LogP contribution >= 0.6 is 0 Å². The van der Waals surface area contributed by atoms with Crippen molar-refractivity contribution < 1.29 is 9.47 Å². The lowest BCUT2D eigenvalue weighted by atomic mass is 9.99. The van der Waals surface area contributed by atoms with Crippen LogP contribution in [0.5, 0.6) is 5.75 Å². The molecule has 2 atom stereocenters. The molecule has 2 unspecified atom stereocenters. The van der Waals surface area contributed by atoms with Crippen molar-refractivity contribution in [1.29, 1.82) is 0 Å². The second-order valence-electron chi connectivity index (χ2n) is 4.63. The highest BCUT2D eigenvalue weighted by molar-refractivity contribution is 5.29. The van der Waals surface area contributed by atoms with Crippen molar-refractivity contribution in [2.45, 2.75) is 32.3 Å². The fourth-order valence-corrected chi connectivity index (χ4v) is 1.85. The summed E-state index contributed by atoms with van der Waals surface area (Å²) in [4.78, 5) is 0. The van der Waals surface area contributed by atoms with Gasteiger partial charge in [-0.3, -0.25) is 0 Å². The first-order valence-electron chi connectivity index (χ1n) is 6.61. The van der Waals surface area contributed by atoms with Gasteiger partial charge in [-0.2, -0.15) is 0 Å². The summed E-state index contributed by atoms with van der Waals surface area (Å²) >= 11 is 0. The van der Waals surface area contributed by atoms with E-state index in [-0.39, 0.29) is 6.10 Å². The Balaban J connectivity index is 2.60. The van der Waals surface area contributed by atoms with Gasteiger partial charge < -0.3 is 14.8 Å². The maximum Gasteiger partial charge on any atom is 0.134 e. The van der Waals surface area contributed by atoms with Crippen LogP contribution < -0.4 is 10.1 Å². The van der Waals surface area contributed by atoms with Gasteiger partial charge in [0.1, 0.15) is 11.9 Å². The number of nitrogens with one attached hydrogen (secondary N) is 1. The highest BCUT2D eigenvalue weighted by Crippen LogP contribution is 2.22. The van der Waals surface area contributed by atoms with E-state index in [0.29, 0.717) is 12.5 Å². The van der Waals surface area contributed by atoms with Crippen LogP contribution in [0.2, 0.25) is 0 Å². The molecule has 0 saturated carbocycles. The van der Waals surface area contributed by atoms with Gasteiger partial charge >= 0.3 is 0 Å². The first kappa shape index (κ1) is 15.0. The SMILES string of the molecule is CCC(C)c1ccc(OC(CNC)COC)cc1. The van der Waals surface area contributed by atoms with E-state index >= 15 is 0 Å². The van der Waals surface area contributed by atoms with E-state index in [4.69, 9.17) is 9.47 Å². The number of methoxy groups -OCH3 is 1. The van der Waals surface area contributed by atoms with Gasteiger partial charge in [-0.15, -0.1) is 0 Å². The Hall–Kier alpha value is -1.06. The fraction of sp³-hybridized carbons (Fsp3) is 0.600. The minimum Gasteiger partial charge on any atom is -0.487 e. The van der Waals surface area contributed by atoms with Crippen LogP contribution in [0.3, 0.4) is 0 Å². The molecule has 1 aromatic carbocycles. The van der Waals surface area contributed by atoms with Gasteiger partial charge in [0.2, 0.25) is 0 Å². The third-order valence-corrected chi connectivity index (χ3v) is 3.15. The number of likely N-dealkylation sites (N-methyl/N-ethyl adjacent to an activating group) is 1. The first-order valence-corrected chi connectivity index (χ1v) is 6.61. The molecule has 0 fully saturated rings. The molecule has 0 bridgehead atoms. The van der Waals surface area contributed by atoms with Crippen molar-refractivity contribution in [1.82, 2.24) is 5.32 Å². The molecular formula is C15H25NO2. The van der Waals surface area contributed by atoms with E-state index in [2.05, 4.69) is 31.3 Å². The zero-order valence-corrected chi connectivity index (χ0v) is 11.9. The molecule has 1 rings (SSSR count). The minimum absolute atomic E-state index is 0.0504. The molecule has 3 heteroatoms. The van der Waals surface area contributed by atoms with Gasteiger partial charge in [-0.25, -0.2) is 0 Å². The summed E-state index contributed by atoms with van der Waals surface area (Å²) in [5, 5.41) is 3.11. The summed E-state index contributed by atoms with van der Waals surface area (Å²) in [6.45, 7) is 5.82. The minimum atomic E-state index is 0.0504.